The summed E-state index contributed by atoms with van der Waals surface area (Å²) >= 11 is 0. The summed E-state index contributed by atoms with van der Waals surface area (Å²) in [4.78, 5) is 0. The van der Waals surface area contributed by atoms with E-state index in [1.54, 1.807) is 0 Å². The van der Waals surface area contributed by atoms with Gasteiger partial charge in [0, 0.05) is 12.1 Å². The Morgan fingerprint density at radius 2 is 2.33 bits per heavy atom. The summed E-state index contributed by atoms with van der Waals surface area (Å²) in [6.07, 6.45) is 0.747. The van der Waals surface area contributed by atoms with Crippen molar-refractivity contribution in [2.75, 3.05) is 0 Å². The molecule has 1 aliphatic rings. The Morgan fingerprint density at radius 1 is 1.83 bits per heavy atom. The van der Waals surface area contributed by atoms with Crippen molar-refractivity contribution in [2.45, 2.75) is 6.42 Å². The van der Waals surface area contributed by atoms with Crippen molar-refractivity contribution in [1.82, 2.24) is 0 Å². The van der Waals surface area contributed by atoms with Gasteiger partial charge in [-0.25, -0.2) is 0 Å². The first-order valence-electron chi connectivity index (χ1n) is 1.72. The van der Waals surface area contributed by atoms with Crippen molar-refractivity contribution >= 4 is 0 Å². The highest BCUT2D eigenvalue weighted by Crippen LogP contribution is 2.22. The van der Waals surface area contributed by atoms with E-state index < -0.39 is 0 Å². The van der Waals surface area contributed by atoms with Gasteiger partial charge in [0.15, 0.2) is 0 Å². The Labute approximate surface area is 35.9 Å². The molecule has 0 unspecified atom stereocenters. The maximum absolute atomic E-state index is 7.99. The fraction of sp³-hybridized carbons (Fsp3) is 0.250. The van der Waals surface area contributed by atoms with Gasteiger partial charge in [-0.3, -0.25) is 0 Å². The van der Waals surface area contributed by atoms with E-state index in [9.17, 15) is 0 Å². The molecule has 2 N–H and O–H groups in total. The van der Waals surface area contributed by atoms with Gasteiger partial charge in [0.25, 0.3) is 0 Å². The van der Waals surface area contributed by atoms with Gasteiger partial charge < -0.3 is 5.73 Å². The minimum absolute atomic E-state index is 0.747. The molecule has 0 amide bonds. The summed E-state index contributed by atoms with van der Waals surface area (Å²) < 4.78 is 0. The van der Waals surface area contributed by atoms with E-state index in [4.69, 9.17) is 11.0 Å². The minimum atomic E-state index is 0.747. The van der Waals surface area contributed by atoms with Crippen LogP contribution in [-0.2, 0) is 0 Å². The van der Waals surface area contributed by atoms with E-state index >= 15 is 0 Å². The Balaban J connectivity index is 2.67. The summed E-state index contributed by atoms with van der Waals surface area (Å²) in [5.41, 5.74) is 6.65. The van der Waals surface area contributed by atoms with Gasteiger partial charge in [-0.15, -0.1) is 0 Å². The van der Waals surface area contributed by atoms with Gasteiger partial charge in [-0.05, 0) is 0 Å². The lowest BCUT2D eigenvalue weighted by Crippen LogP contribution is -1.76. The molecular formula is C4H4N2. The standard InChI is InChI=1S/C4H4N2/c5-2-3-1-4(3)6/h1,6H2. The van der Waals surface area contributed by atoms with Crippen LogP contribution in [0.4, 0.5) is 0 Å². The lowest BCUT2D eigenvalue weighted by molar-refractivity contribution is 1.39. The van der Waals surface area contributed by atoms with Crippen LogP contribution >= 0.6 is 0 Å². The summed E-state index contributed by atoms with van der Waals surface area (Å²) in [5.74, 6) is 0. The molecule has 0 aliphatic heterocycles. The monoisotopic (exact) mass is 80.0 g/mol. The lowest BCUT2D eigenvalue weighted by atomic mass is 10.6. The van der Waals surface area contributed by atoms with E-state index in [-0.39, 0.29) is 0 Å². The Hall–Kier alpha value is -0.970. The third-order valence-electron chi connectivity index (χ3n) is 0.765. The van der Waals surface area contributed by atoms with Crippen LogP contribution in [0, 0.1) is 11.3 Å². The Kier molecular flexibility index (Phi) is 0.403. The van der Waals surface area contributed by atoms with Crippen molar-refractivity contribution in [3.63, 3.8) is 0 Å². The van der Waals surface area contributed by atoms with E-state index in [2.05, 4.69) is 0 Å². The molecule has 0 radical (unpaired) electrons. The number of hydrogen-bond donors (Lipinski definition) is 1. The fourth-order valence-corrected chi connectivity index (χ4v) is 0.258. The molecule has 0 saturated heterocycles. The average molecular weight is 80.1 g/mol. The molecule has 0 aromatic heterocycles. The highest BCUT2D eigenvalue weighted by molar-refractivity contribution is 5.43. The third-order valence-corrected chi connectivity index (χ3v) is 0.765. The summed E-state index contributed by atoms with van der Waals surface area (Å²) in [6.45, 7) is 0. The van der Waals surface area contributed by atoms with E-state index in [1.807, 2.05) is 6.07 Å². The van der Waals surface area contributed by atoms with Gasteiger partial charge in [-0.2, -0.15) is 5.26 Å². The summed E-state index contributed by atoms with van der Waals surface area (Å²) in [5, 5.41) is 7.99. The van der Waals surface area contributed by atoms with E-state index in [0.717, 1.165) is 17.7 Å². The average Bonchev–Trinajstić information content (AvgIpc) is 2.19. The second-order valence-corrected chi connectivity index (χ2v) is 1.29. The maximum atomic E-state index is 7.99. The van der Waals surface area contributed by atoms with Crippen LogP contribution in [0.5, 0.6) is 0 Å². The SMILES string of the molecule is N#CC1=C(N)C1. The highest BCUT2D eigenvalue weighted by atomic mass is 14.6. The van der Waals surface area contributed by atoms with Gasteiger partial charge in [0.05, 0.1) is 11.6 Å². The van der Waals surface area contributed by atoms with Crippen LogP contribution in [0.15, 0.2) is 11.3 Å². The molecule has 0 atom stereocenters. The van der Waals surface area contributed by atoms with Gasteiger partial charge in [0.2, 0.25) is 0 Å². The normalized spacial score (nSPS) is 17.2. The molecule has 1 rings (SSSR count). The van der Waals surface area contributed by atoms with E-state index in [0.29, 0.717) is 0 Å². The first-order valence-corrected chi connectivity index (χ1v) is 1.72. The highest BCUT2D eigenvalue weighted by Gasteiger charge is 2.15. The number of rotatable bonds is 0. The second kappa shape index (κ2) is 0.749. The minimum Gasteiger partial charge on any atom is -0.401 e. The summed E-state index contributed by atoms with van der Waals surface area (Å²) in [6, 6.07) is 1.94. The number of nitrogens with two attached hydrogens (primary N) is 1. The van der Waals surface area contributed by atoms with Crippen LogP contribution in [0.2, 0.25) is 0 Å². The largest absolute Gasteiger partial charge is 0.401 e. The molecule has 2 heteroatoms. The predicted octanol–water partition coefficient (Wildman–Crippen LogP) is 0.126. The Morgan fingerprint density at radius 3 is 2.33 bits per heavy atom. The molecule has 0 saturated carbocycles. The quantitative estimate of drug-likeness (QED) is 0.449. The molecule has 0 bridgehead atoms. The van der Waals surface area contributed by atoms with Crippen LogP contribution in [-0.4, -0.2) is 0 Å². The third kappa shape index (κ3) is 0.253. The maximum Gasteiger partial charge on any atom is 0.0969 e. The molecule has 0 heterocycles. The second-order valence-electron chi connectivity index (χ2n) is 1.29. The zero-order valence-electron chi connectivity index (χ0n) is 3.23. The van der Waals surface area contributed by atoms with Gasteiger partial charge in [0.1, 0.15) is 0 Å². The molecular weight excluding hydrogens is 76.1 g/mol. The smallest absolute Gasteiger partial charge is 0.0969 e. The van der Waals surface area contributed by atoms with Crippen LogP contribution < -0.4 is 5.73 Å². The first-order chi connectivity index (χ1) is 2.84. The molecule has 0 fully saturated rings. The predicted molar refractivity (Wildman–Crippen MR) is 21.4 cm³/mol. The number of hydrogen-bond acceptors (Lipinski definition) is 2. The molecule has 0 spiro atoms. The number of nitrogens with zero attached hydrogens (tertiary/aromatic N) is 1. The van der Waals surface area contributed by atoms with Crippen LogP contribution in [0.3, 0.4) is 0 Å². The number of allylic oxidation sites excluding steroid dienone is 2. The topological polar surface area (TPSA) is 49.8 Å². The van der Waals surface area contributed by atoms with Crippen molar-refractivity contribution in [2.24, 2.45) is 5.73 Å². The van der Waals surface area contributed by atoms with E-state index in [1.165, 1.54) is 0 Å². The van der Waals surface area contributed by atoms with Crippen LogP contribution in [0.1, 0.15) is 6.42 Å². The Bertz CT molecular complexity index is 138. The van der Waals surface area contributed by atoms with Gasteiger partial charge >= 0.3 is 0 Å². The van der Waals surface area contributed by atoms with Crippen molar-refractivity contribution in [1.29, 1.82) is 5.26 Å². The number of nitriles is 1. The van der Waals surface area contributed by atoms with Crippen molar-refractivity contribution in [3.8, 4) is 6.07 Å². The van der Waals surface area contributed by atoms with Crippen molar-refractivity contribution in [3.05, 3.63) is 11.3 Å². The molecule has 0 aromatic rings. The molecule has 0 aromatic carbocycles. The zero-order chi connectivity index (χ0) is 4.57. The van der Waals surface area contributed by atoms with Crippen molar-refractivity contribution < 1.29 is 0 Å². The zero-order valence-corrected chi connectivity index (χ0v) is 3.23. The van der Waals surface area contributed by atoms with Gasteiger partial charge in [-0.1, -0.05) is 0 Å². The molecule has 2 nitrogen and oxygen atoms in total. The summed E-state index contributed by atoms with van der Waals surface area (Å²) in [7, 11) is 0. The fourth-order valence-electron chi connectivity index (χ4n) is 0.258. The van der Waals surface area contributed by atoms with Crippen LogP contribution in [0.25, 0.3) is 0 Å². The molecule has 30 valence electrons. The first kappa shape index (κ1) is 3.23. The molecule has 1 aliphatic carbocycles. The lowest BCUT2D eigenvalue weighted by Gasteiger charge is -1.52. The molecule has 6 heavy (non-hydrogen) atoms.